The van der Waals surface area contributed by atoms with E-state index in [1.54, 1.807) is 0 Å². The number of ether oxygens (including phenoxy) is 1. The van der Waals surface area contributed by atoms with E-state index in [1.165, 1.54) is 77.4 Å². The minimum Gasteiger partial charge on any atom is -0.466 e. The molecule has 5 atom stereocenters. The Morgan fingerprint density at radius 2 is 0.792 bits per heavy atom. The van der Waals surface area contributed by atoms with Crippen LogP contribution in [-0.2, 0) is 9.53 Å². The quantitative estimate of drug-likeness (QED) is 0.207. The molecule has 316 valence electrons. The molecule has 4 saturated heterocycles. The summed E-state index contributed by atoms with van der Waals surface area (Å²) in [6.07, 6.45) is 14.8. The number of piperidine rings is 2. The summed E-state index contributed by atoms with van der Waals surface area (Å²) in [5, 5.41) is 0. The Morgan fingerprint density at radius 1 is 0.453 bits per heavy atom. The minimum atomic E-state index is -0.00319. The van der Waals surface area contributed by atoms with E-state index in [0.717, 1.165) is 73.4 Å². The van der Waals surface area contributed by atoms with Crippen molar-refractivity contribution in [2.24, 2.45) is 29.6 Å². The van der Waals surface area contributed by atoms with Crippen LogP contribution in [-0.4, -0.2) is 107 Å². The maximum Gasteiger partial charge on any atom is 0.310 e. The third-order valence-corrected chi connectivity index (χ3v) is 12.7. The van der Waals surface area contributed by atoms with Crippen LogP contribution in [0.1, 0.15) is 188 Å². The molecule has 0 aliphatic carbocycles. The highest BCUT2D eigenvalue weighted by atomic mass is 16.5. The Labute approximate surface area is 333 Å². The zero-order chi connectivity index (χ0) is 40.4. The van der Waals surface area contributed by atoms with Crippen LogP contribution in [0.2, 0.25) is 0 Å². The molecule has 0 N–H and O–H groups in total. The molecule has 6 nitrogen and oxygen atoms in total. The second-order valence-electron chi connectivity index (χ2n) is 19.5. The van der Waals surface area contributed by atoms with E-state index in [2.05, 4.69) is 130 Å². The van der Waals surface area contributed by atoms with Crippen LogP contribution in [0, 0.1) is 29.6 Å². The molecule has 0 aromatic carbocycles. The lowest BCUT2D eigenvalue weighted by molar-refractivity contribution is -0.154. The average molecular weight is 749 g/mol. The predicted molar refractivity (Wildman–Crippen MR) is 233 cm³/mol. The third kappa shape index (κ3) is 17.1. The highest BCUT2D eigenvalue weighted by Gasteiger charge is 2.39. The number of nitrogens with zero attached hydrogens (tertiary/aromatic N) is 4. The van der Waals surface area contributed by atoms with Crippen molar-refractivity contribution in [2.45, 2.75) is 237 Å². The largest absolute Gasteiger partial charge is 0.466 e. The molecule has 0 saturated carbocycles. The first-order valence-corrected chi connectivity index (χ1v) is 23.1. The molecule has 5 unspecified atom stereocenters. The zero-order valence-corrected chi connectivity index (χ0v) is 38.9. The van der Waals surface area contributed by atoms with Crippen LogP contribution in [0.25, 0.3) is 0 Å². The van der Waals surface area contributed by atoms with Gasteiger partial charge in [0.1, 0.15) is 0 Å². The fraction of sp³-hybridized carbons (Fsp3) is 0.979. The first-order chi connectivity index (χ1) is 24.9. The molecule has 0 amide bonds. The first-order valence-electron chi connectivity index (χ1n) is 23.1. The second-order valence-corrected chi connectivity index (χ2v) is 19.5. The van der Waals surface area contributed by atoms with Crippen LogP contribution < -0.4 is 0 Å². The van der Waals surface area contributed by atoms with Crippen molar-refractivity contribution in [1.29, 1.82) is 0 Å². The van der Waals surface area contributed by atoms with Gasteiger partial charge in [0.25, 0.3) is 0 Å². The van der Waals surface area contributed by atoms with Crippen molar-refractivity contribution in [3.63, 3.8) is 0 Å². The number of hydrogen-bond acceptors (Lipinski definition) is 6. The molecule has 4 aliphatic heterocycles. The van der Waals surface area contributed by atoms with Crippen molar-refractivity contribution in [2.75, 3.05) is 32.8 Å². The van der Waals surface area contributed by atoms with E-state index in [4.69, 9.17) is 4.74 Å². The van der Waals surface area contributed by atoms with Gasteiger partial charge in [-0.15, -0.1) is 0 Å². The van der Waals surface area contributed by atoms with E-state index in [0.29, 0.717) is 24.6 Å². The van der Waals surface area contributed by atoms with Crippen LogP contribution >= 0.6 is 0 Å². The molecular weight excluding hydrogens is 653 g/mol. The van der Waals surface area contributed by atoms with Crippen molar-refractivity contribution in [1.82, 2.24) is 19.6 Å². The molecule has 53 heavy (non-hydrogen) atoms. The number of esters is 1. The number of carbonyl (C=O) groups excluding carboxylic acids is 1. The molecule has 0 radical (unpaired) electrons. The summed E-state index contributed by atoms with van der Waals surface area (Å²) >= 11 is 0. The van der Waals surface area contributed by atoms with Gasteiger partial charge in [0, 0.05) is 48.3 Å². The van der Waals surface area contributed by atoms with Crippen LogP contribution in [0.15, 0.2) is 0 Å². The van der Waals surface area contributed by atoms with E-state index in [-0.39, 0.29) is 11.9 Å². The zero-order valence-electron chi connectivity index (χ0n) is 38.9. The van der Waals surface area contributed by atoms with E-state index < -0.39 is 0 Å². The monoisotopic (exact) mass is 749 g/mol. The van der Waals surface area contributed by atoms with Crippen molar-refractivity contribution in [3.05, 3.63) is 0 Å². The highest BCUT2D eigenvalue weighted by molar-refractivity contribution is 5.73. The first kappa shape index (κ1) is 50.3. The molecule has 4 rings (SSSR count). The molecule has 6 heteroatoms. The molecule has 4 heterocycles. The summed E-state index contributed by atoms with van der Waals surface area (Å²) in [7, 11) is 0. The summed E-state index contributed by atoms with van der Waals surface area (Å²) in [6, 6.07) is 5.58. The van der Waals surface area contributed by atoms with Gasteiger partial charge in [0.15, 0.2) is 0 Å². The minimum absolute atomic E-state index is 0.00319. The predicted octanol–water partition coefficient (Wildman–Crippen LogP) is 11.4. The van der Waals surface area contributed by atoms with Crippen molar-refractivity contribution < 1.29 is 9.53 Å². The van der Waals surface area contributed by atoms with Gasteiger partial charge in [-0.2, -0.15) is 0 Å². The van der Waals surface area contributed by atoms with Gasteiger partial charge in [-0.3, -0.25) is 24.4 Å². The lowest BCUT2D eigenvalue weighted by Crippen LogP contribution is -2.53. The Bertz CT molecular complexity index is 886. The maximum atomic E-state index is 12.0. The van der Waals surface area contributed by atoms with Crippen LogP contribution in [0.4, 0.5) is 0 Å². The van der Waals surface area contributed by atoms with Gasteiger partial charge >= 0.3 is 5.97 Å². The third-order valence-electron chi connectivity index (χ3n) is 12.7. The van der Waals surface area contributed by atoms with Crippen LogP contribution in [0.5, 0.6) is 0 Å². The lowest BCUT2D eigenvalue weighted by Gasteiger charge is -2.44. The normalized spacial score (nSPS) is 26.8. The SMILES string of the molecule is CC(C)C1CCCCCN1C(C)C.CC(C)C1CCCCN1C(C)C.CC(C)C1CCCN1C(C)C.CCOC(=O)C1CCCN(C(C)C)C1C(C)C. The van der Waals surface area contributed by atoms with Crippen molar-refractivity contribution in [3.8, 4) is 0 Å². The van der Waals surface area contributed by atoms with Gasteiger partial charge in [-0.1, -0.05) is 74.7 Å². The summed E-state index contributed by atoms with van der Waals surface area (Å²) in [5.74, 6) is 3.03. The summed E-state index contributed by atoms with van der Waals surface area (Å²) in [5.41, 5.74) is 0. The molecule has 4 aliphatic rings. The smallest absolute Gasteiger partial charge is 0.310 e. The number of carbonyl (C=O) groups is 1. The number of likely N-dealkylation sites (tertiary alicyclic amines) is 4. The number of rotatable bonds is 10. The Morgan fingerprint density at radius 3 is 1.17 bits per heavy atom. The topological polar surface area (TPSA) is 39.3 Å². The molecule has 0 spiro atoms. The molecular formula is C47H96N4O2. The van der Waals surface area contributed by atoms with Gasteiger partial charge in [0.2, 0.25) is 0 Å². The lowest BCUT2D eigenvalue weighted by atomic mass is 9.82. The van der Waals surface area contributed by atoms with E-state index in [1.807, 2.05) is 6.92 Å². The van der Waals surface area contributed by atoms with Crippen LogP contribution in [0.3, 0.4) is 0 Å². The summed E-state index contributed by atoms with van der Waals surface area (Å²) in [4.78, 5) is 22.5. The maximum absolute atomic E-state index is 12.0. The Balaban J connectivity index is 0.000000358. The summed E-state index contributed by atoms with van der Waals surface area (Å²) in [6.45, 7) is 44.3. The summed E-state index contributed by atoms with van der Waals surface area (Å²) < 4.78 is 5.22. The van der Waals surface area contributed by atoms with Crippen molar-refractivity contribution >= 4 is 5.97 Å². The molecule has 0 aromatic rings. The van der Waals surface area contributed by atoms with Gasteiger partial charge < -0.3 is 4.74 Å². The highest BCUT2D eigenvalue weighted by Crippen LogP contribution is 2.32. The fourth-order valence-corrected chi connectivity index (χ4v) is 10.0. The second kappa shape index (κ2) is 26.3. The Kier molecular flexibility index (Phi) is 24.9. The fourth-order valence-electron chi connectivity index (χ4n) is 10.0. The average Bonchev–Trinajstić information content (AvgIpc) is 3.47. The van der Waals surface area contributed by atoms with Gasteiger partial charge in [0.05, 0.1) is 12.5 Å². The molecule has 0 bridgehead atoms. The molecule has 4 fully saturated rings. The van der Waals surface area contributed by atoms with E-state index >= 15 is 0 Å². The standard InChI is InChI=1S/C14H27NO2.C12H25N.C11H23N.C10H21N/c1-6-17-14(16)12-8-7-9-15(11(4)5)13(12)10(2)3;1-10(2)12-8-6-5-7-9-13(12)11(3)4;1-9(2)11-7-5-6-8-12(11)10(3)4;1-8(2)10-6-5-7-11(10)9(3)4/h10-13H,6-9H2,1-5H3;10-12H,5-9H2,1-4H3;9-11H,5-8H2,1-4H3;8-10H,5-7H2,1-4H3. The van der Waals surface area contributed by atoms with Gasteiger partial charge in [-0.05, 0) is 164 Å². The van der Waals surface area contributed by atoms with E-state index in [9.17, 15) is 4.79 Å². The Hall–Kier alpha value is -0.690. The molecule has 0 aromatic heterocycles. The van der Waals surface area contributed by atoms with Gasteiger partial charge in [-0.25, -0.2) is 0 Å². The number of hydrogen-bond donors (Lipinski definition) is 0.